The number of carbonyl (C=O) groups excluding carboxylic acids is 1. The molecule has 1 aliphatic rings. The second kappa shape index (κ2) is 10.3. The molecule has 190 valence electrons. The Hall–Kier alpha value is -4.46. The summed E-state index contributed by atoms with van der Waals surface area (Å²) in [5, 5.41) is 7.56. The molecule has 0 aliphatic carbocycles. The number of aromatic nitrogens is 2. The van der Waals surface area contributed by atoms with Crippen LogP contribution < -0.4 is 18.9 Å². The molecule has 1 aliphatic heterocycles. The molecular formula is C29H29N3O5. The Morgan fingerprint density at radius 3 is 2.14 bits per heavy atom. The standard InChI is InChI=1S/C29H29N3O5/c1-34-21-12-10-18(16-23(21)36-3)14-15-32-28(20-11-13-22(35-2)24(17-20)37-4)25-26(19-8-6-5-7-9-19)30-31-27(25)29(32)33/h5-13,16-17,28H,14-15H2,1-4H3,(H,30,31). The predicted octanol–water partition coefficient (Wildman–Crippen LogP) is 4.90. The molecule has 0 saturated carbocycles. The van der Waals surface area contributed by atoms with Gasteiger partial charge >= 0.3 is 0 Å². The zero-order valence-electron chi connectivity index (χ0n) is 21.3. The number of nitrogens with one attached hydrogen (secondary N) is 1. The zero-order chi connectivity index (χ0) is 25.9. The number of nitrogens with zero attached hydrogens (tertiary/aromatic N) is 2. The van der Waals surface area contributed by atoms with Crippen molar-refractivity contribution in [1.82, 2.24) is 15.1 Å². The van der Waals surface area contributed by atoms with E-state index in [9.17, 15) is 4.79 Å². The summed E-state index contributed by atoms with van der Waals surface area (Å²) in [5.74, 6) is 2.46. The third-order valence-corrected chi connectivity index (χ3v) is 6.72. The molecule has 4 aromatic rings. The first-order chi connectivity index (χ1) is 18.1. The zero-order valence-corrected chi connectivity index (χ0v) is 21.3. The highest BCUT2D eigenvalue weighted by atomic mass is 16.5. The Kier molecular flexibility index (Phi) is 6.72. The van der Waals surface area contributed by atoms with Gasteiger partial charge in [0.1, 0.15) is 5.69 Å². The predicted molar refractivity (Wildman–Crippen MR) is 140 cm³/mol. The molecule has 0 spiro atoms. The summed E-state index contributed by atoms with van der Waals surface area (Å²) >= 11 is 0. The van der Waals surface area contributed by atoms with Crippen LogP contribution in [0.5, 0.6) is 23.0 Å². The van der Waals surface area contributed by atoms with Crippen LogP contribution in [-0.4, -0.2) is 56.0 Å². The average molecular weight is 500 g/mol. The molecule has 1 amide bonds. The lowest BCUT2D eigenvalue weighted by Crippen LogP contribution is -2.31. The number of benzene rings is 3. The van der Waals surface area contributed by atoms with E-state index in [0.717, 1.165) is 27.9 Å². The molecule has 1 aromatic heterocycles. The number of aromatic amines is 1. The number of fused-ring (bicyclic) bond motifs is 1. The van der Waals surface area contributed by atoms with Gasteiger partial charge in [-0.1, -0.05) is 42.5 Å². The Morgan fingerprint density at radius 1 is 0.811 bits per heavy atom. The number of H-pyrrole nitrogens is 1. The molecule has 8 heteroatoms. The summed E-state index contributed by atoms with van der Waals surface area (Å²) < 4.78 is 21.9. The van der Waals surface area contributed by atoms with Crippen molar-refractivity contribution in [1.29, 1.82) is 0 Å². The first-order valence-corrected chi connectivity index (χ1v) is 12.0. The fourth-order valence-electron chi connectivity index (χ4n) is 4.90. The van der Waals surface area contributed by atoms with Crippen LogP contribution in [-0.2, 0) is 6.42 Å². The van der Waals surface area contributed by atoms with E-state index in [1.165, 1.54) is 0 Å². The fraction of sp³-hybridized carbons (Fsp3) is 0.241. The van der Waals surface area contributed by atoms with Gasteiger partial charge in [0.15, 0.2) is 23.0 Å². The van der Waals surface area contributed by atoms with Crippen LogP contribution in [0.3, 0.4) is 0 Å². The number of amides is 1. The Morgan fingerprint density at radius 2 is 1.46 bits per heavy atom. The number of methoxy groups -OCH3 is 4. The lowest BCUT2D eigenvalue weighted by atomic mass is 9.95. The number of hydrogen-bond donors (Lipinski definition) is 1. The van der Waals surface area contributed by atoms with Crippen molar-refractivity contribution in [2.75, 3.05) is 35.0 Å². The van der Waals surface area contributed by atoms with Crippen molar-refractivity contribution in [3.8, 4) is 34.3 Å². The number of hydrogen-bond acceptors (Lipinski definition) is 6. The maximum Gasteiger partial charge on any atom is 0.273 e. The van der Waals surface area contributed by atoms with Gasteiger partial charge in [-0.05, 0) is 41.8 Å². The van der Waals surface area contributed by atoms with Gasteiger partial charge in [0, 0.05) is 17.7 Å². The highest BCUT2D eigenvalue weighted by Gasteiger charge is 2.42. The van der Waals surface area contributed by atoms with E-state index in [-0.39, 0.29) is 11.9 Å². The van der Waals surface area contributed by atoms with E-state index in [4.69, 9.17) is 18.9 Å². The molecule has 0 bridgehead atoms. The van der Waals surface area contributed by atoms with Crippen LogP contribution in [0.25, 0.3) is 11.3 Å². The van der Waals surface area contributed by atoms with E-state index in [1.807, 2.05) is 71.6 Å². The van der Waals surface area contributed by atoms with Gasteiger partial charge in [0.05, 0.1) is 40.2 Å². The van der Waals surface area contributed by atoms with Crippen LogP contribution in [0.1, 0.15) is 33.2 Å². The molecule has 0 saturated heterocycles. The first kappa shape index (κ1) is 24.2. The summed E-state index contributed by atoms with van der Waals surface area (Å²) in [5.41, 5.74) is 5.02. The van der Waals surface area contributed by atoms with Crippen molar-refractivity contribution in [3.63, 3.8) is 0 Å². The molecule has 8 nitrogen and oxygen atoms in total. The third-order valence-electron chi connectivity index (χ3n) is 6.72. The number of rotatable bonds is 9. The van der Waals surface area contributed by atoms with Gasteiger partial charge in [0.25, 0.3) is 5.91 Å². The van der Waals surface area contributed by atoms with Crippen LogP contribution in [0, 0.1) is 0 Å². The van der Waals surface area contributed by atoms with Gasteiger partial charge in [-0.25, -0.2) is 0 Å². The monoisotopic (exact) mass is 499 g/mol. The van der Waals surface area contributed by atoms with Crippen LogP contribution in [0.2, 0.25) is 0 Å². The lowest BCUT2D eigenvalue weighted by Gasteiger charge is -2.27. The summed E-state index contributed by atoms with van der Waals surface area (Å²) in [6.07, 6.45) is 0.633. The fourth-order valence-corrected chi connectivity index (χ4v) is 4.90. The highest BCUT2D eigenvalue weighted by Crippen LogP contribution is 2.44. The van der Waals surface area contributed by atoms with Crippen molar-refractivity contribution < 1.29 is 23.7 Å². The average Bonchev–Trinajstić information content (AvgIpc) is 3.50. The summed E-state index contributed by atoms with van der Waals surface area (Å²) in [7, 11) is 6.44. The Labute approximate surface area is 215 Å². The quantitative estimate of drug-likeness (QED) is 0.353. The van der Waals surface area contributed by atoms with Crippen LogP contribution in [0.15, 0.2) is 66.7 Å². The van der Waals surface area contributed by atoms with Crippen LogP contribution in [0.4, 0.5) is 0 Å². The largest absolute Gasteiger partial charge is 0.493 e. The highest BCUT2D eigenvalue weighted by molar-refractivity contribution is 6.00. The SMILES string of the molecule is COc1ccc(CCN2C(=O)c3[nH]nc(-c4ccccc4)c3C2c2ccc(OC)c(OC)c2)cc1OC. The van der Waals surface area contributed by atoms with Crippen molar-refractivity contribution in [2.24, 2.45) is 0 Å². The minimum Gasteiger partial charge on any atom is -0.493 e. The lowest BCUT2D eigenvalue weighted by molar-refractivity contribution is 0.0745. The molecular weight excluding hydrogens is 470 g/mol. The first-order valence-electron chi connectivity index (χ1n) is 12.0. The van der Waals surface area contributed by atoms with E-state index in [0.29, 0.717) is 41.7 Å². The molecule has 1 unspecified atom stereocenters. The van der Waals surface area contributed by atoms with Crippen LogP contribution >= 0.6 is 0 Å². The normalized spacial score (nSPS) is 14.4. The van der Waals surface area contributed by atoms with Gasteiger partial charge < -0.3 is 23.8 Å². The molecule has 5 rings (SSSR count). The maximum atomic E-state index is 13.7. The second-order valence-corrected chi connectivity index (χ2v) is 8.68. The molecule has 3 aromatic carbocycles. The molecule has 1 N–H and O–H groups in total. The summed E-state index contributed by atoms with van der Waals surface area (Å²) in [4.78, 5) is 15.6. The molecule has 0 radical (unpaired) electrons. The Bertz CT molecular complexity index is 1420. The van der Waals surface area contributed by atoms with E-state index in [2.05, 4.69) is 10.2 Å². The molecule has 0 fully saturated rings. The second-order valence-electron chi connectivity index (χ2n) is 8.68. The van der Waals surface area contributed by atoms with Gasteiger partial charge in [-0.2, -0.15) is 5.10 Å². The number of ether oxygens (including phenoxy) is 4. The van der Waals surface area contributed by atoms with E-state index >= 15 is 0 Å². The Balaban J connectivity index is 1.56. The maximum absolute atomic E-state index is 13.7. The van der Waals surface area contributed by atoms with E-state index < -0.39 is 0 Å². The molecule has 1 atom stereocenters. The number of carbonyl (C=O) groups is 1. The minimum absolute atomic E-state index is 0.0926. The van der Waals surface area contributed by atoms with Crippen molar-refractivity contribution >= 4 is 5.91 Å². The van der Waals surface area contributed by atoms with Crippen molar-refractivity contribution in [3.05, 3.63) is 89.1 Å². The smallest absolute Gasteiger partial charge is 0.273 e. The third kappa shape index (κ3) is 4.35. The van der Waals surface area contributed by atoms with Gasteiger partial charge in [0.2, 0.25) is 0 Å². The summed E-state index contributed by atoms with van der Waals surface area (Å²) in [6, 6.07) is 21.1. The minimum atomic E-state index is -0.351. The van der Waals surface area contributed by atoms with E-state index in [1.54, 1.807) is 28.4 Å². The van der Waals surface area contributed by atoms with Crippen molar-refractivity contribution in [2.45, 2.75) is 12.5 Å². The topological polar surface area (TPSA) is 85.9 Å². The molecule has 37 heavy (non-hydrogen) atoms. The van der Waals surface area contributed by atoms with Gasteiger partial charge in [-0.15, -0.1) is 0 Å². The van der Waals surface area contributed by atoms with Gasteiger partial charge in [-0.3, -0.25) is 9.89 Å². The molecule has 2 heterocycles. The summed E-state index contributed by atoms with van der Waals surface area (Å²) in [6.45, 7) is 0.490.